The van der Waals surface area contributed by atoms with Gasteiger partial charge in [0.05, 0.1) is 22.2 Å². The molecule has 4 heteroatoms. The Kier molecular flexibility index (Phi) is 8.31. The van der Waals surface area contributed by atoms with Crippen molar-refractivity contribution in [3.8, 4) is 11.4 Å². The highest BCUT2D eigenvalue weighted by molar-refractivity contribution is 6.96. The fourth-order valence-corrected chi connectivity index (χ4v) is 15.3. The first-order valence-corrected chi connectivity index (χ1v) is 27.4. The van der Waals surface area contributed by atoms with Gasteiger partial charge in [-0.1, -0.05) is 195 Å². The summed E-state index contributed by atoms with van der Waals surface area (Å²) in [5, 5.41) is 12.9. The number of anilines is 2. The van der Waals surface area contributed by atoms with Crippen LogP contribution in [0.4, 0.5) is 11.4 Å². The van der Waals surface area contributed by atoms with Gasteiger partial charge in [0.15, 0.2) is 0 Å². The van der Waals surface area contributed by atoms with Crippen molar-refractivity contribution in [1.29, 1.82) is 0 Å². The third kappa shape index (κ3) is 5.47. The summed E-state index contributed by atoms with van der Waals surface area (Å²) in [7, 11) is 0. The number of para-hydroxylation sites is 3. The highest BCUT2D eigenvalue weighted by Crippen LogP contribution is 2.59. The maximum Gasteiger partial charge on any atom is 0.248 e. The lowest BCUT2D eigenvalue weighted by Gasteiger charge is -2.45. The van der Waals surface area contributed by atoms with Gasteiger partial charge in [-0.15, -0.1) is 0 Å². The molecule has 75 heavy (non-hydrogen) atoms. The molecular formula is C71H60BN3. The van der Waals surface area contributed by atoms with E-state index in [1.54, 1.807) is 0 Å². The van der Waals surface area contributed by atoms with Crippen molar-refractivity contribution >= 4 is 111 Å². The zero-order chi connectivity index (χ0) is 50.8. The van der Waals surface area contributed by atoms with E-state index in [-0.39, 0.29) is 28.4 Å². The normalized spacial score (nSPS) is 17.0. The predicted octanol–water partition coefficient (Wildman–Crippen LogP) is 17.3. The second-order valence-corrected chi connectivity index (χ2v) is 25.5. The van der Waals surface area contributed by atoms with Crippen LogP contribution < -0.4 is 15.8 Å². The van der Waals surface area contributed by atoms with Crippen molar-refractivity contribution in [3.63, 3.8) is 0 Å². The minimum atomic E-state index is -0.304. The van der Waals surface area contributed by atoms with E-state index in [1.165, 1.54) is 155 Å². The molecule has 12 aromatic rings. The number of benzene rings is 10. The van der Waals surface area contributed by atoms with Crippen molar-refractivity contribution in [2.24, 2.45) is 0 Å². The van der Waals surface area contributed by atoms with Crippen molar-refractivity contribution in [2.75, 3.05) is 4.90 Å². The summed E-state index contributed by atoms with van der Waals surface area (Å²) in [5.74, 6) is 0. The van der Waals surface area contributed by atoms with Crippen LogP contribution in [0.2, 0.25) is 0 Å². The van der Waals surface area contributed by atoms with Gasteiger partial charge in [-0.05, 0) is 138 Å². The molecule has 2 aliphatic heterocycles. The molecule has 0 N–H and O–H groups in total. The van der Waals surface area contributed by atoms with Crippen molar-refractivity contribution < 1.29 is 0 Å². The van der Waals surface area contributed by atoms with Gasteiger partial charge in [-0.2, -0.15) is 0 Å². The van der Waals surface area contributed by atoms with Crippen molar-refractivity contribution in [3.05, 3.63) is 209 Å². The van der Waals surface area contributed by atoms with Crippen LogP contribution >= 0.6 is 0 Å². The Hall–Kier alpha value is -7.82. The zero-order valence-corrected chi connectivity index (χ0v) is 44.6. The van der Waals surface area contributed by atoms with E-state index in [0.717, 1.165) is 6.42 Å². The zero-order valence-electron chi connectivity index (χ0n) is 44.6. The quantitative estimate of drug-likeness (QED) is 0.124. The molecule has 0 atom stereocenters. The molecule has 0 saturated carbocycles. The fraction of sp³-hybridized carbons (Fsp3) is 0.211. The van der Waals surface area contributed by atoms with Gasteiger partial charge in [0, 0.05) is 66.2 Å². The van der Waals surface area contributed by atoms with E-state index in [4.69, 9.17) is 0 Å². The molecular weight excluding hydrogens is 906 g/mol. The molecule has 3 nitrogen and oxygen atoms in total. The number of allylic oxidation sites excluding steroid dienone is 1. The summed E-state index contributed by atoms with van der Waals surface area (Å²) < 4.78 is 5.23. The Morgan fingerprint density at radius 1 is 0.453 bits per heavy atom. The third-order valence-corrected chi connectivity index (χ3v) is 19.1. The SMILES string of the molecule is CC(C)(C)c1ccc2c(c1)C1=C(B3c4c(cc5c6ccccc6c6ccccc6c5c4N1c1ccc4c(c1)C(C)(C)CCC4(C)C)-n1c4c3cccc4c3ccc4c(c5ccccc5n4-c4ccccc4)c31)C2(C)C. The van der Waals surface area contributed by atoms with Crippen LogP contribution in [0, 0.1) is 0 Å². The molecule has 0 bridgehead atoms. The molecule has 16 rings (SSSR count). The third-order valence-electron chi connectivity index (χ3n) is 19.1. The van der Waals surface area contributed by atoms with Gasteiger partial charge in [-0.25, -0.2) is 0 Å². The van der Waals surface area contributed by atoms with Gasteiger partial charge in [0.1, 0.15) is 0 Å². The second kappa shape index (κ2) is 14.3. The summed E-state index contributed by atoms with van der Waals surface area (Å²) in [4.78, 5) is 2.82. The van der Waals surface area contributed by atoms with Gasteiger partial charge >= 0.3 is 0 Å². The number of nitrogens with zero attached hydrogens (tertiary/aromatic N) is 3. The molecule has 0 radical (unpaired) electrons. The lowest BCUT2D eigenvalue weighted by Crippen LogP contribution is -2.56. The predicted molar refractivity (Wildman–Crippen MR) is 322 cm³/mol. The van der Waals surface area contributed by atoms with Crippen molar-refractivity contribution in [1.82, 2.24) is 9.13 Å². The lowest BCUT2D eigenvalue weighted by atomic mass is 9.30. The molecule has 2 aromatic heterocycles. The van der Waals surface area contributed by atoms with E-state index >= 15 is 0 Å². The molecule has 2 aliphatic carbocycles. The molecule has 0 unspecified atom stereocenters. The summed E-state index contributed by atoms with van der Waals surface area (Å²) in [6.07, 6.45) is 2.33. The van der Waals surface area contributed by atoms with E-state index in [2.05, 4.69) is 252 Å². The van der Waals surface area contributed by atoms with Crippen LogP contribution in [0.1, 0.15) is 103 Å². The van der Waals surface area contributed by atoms with Gasteiger partial charge in [-0.3, -0.25) is 0 Å². The number of fused-ring (bicyclic) bond motifs is 20. The average Bonchev–Trinajstić information content (AvgIpc) is 4.27. The average molecular weight is 966 g/mol. The van der Waals surface area contributed by atoms with Crippen LogP contribution in [-0.2, 0) is 21.7 Å². The smallest absolute Gasteiger partial charge is 0.248 e. The lowest BCUT2D eigenvalue weighted by molar-refractivity contribution is 0.332. The second-order valence-electron chi connectivity index (χ2n) is 25.5. The van der Waals surface area contributed by atoms with E-state index < -0.39 is 0 Å². The molecule has 4 heterocycles. The first-order chi connectivity index (χ1) is 36.1. The minimum Gasteiger partial charge on any atom is -0.310 e. The van der Waals surface area contributed by atoms with Crippen molar-refractivity contribution in [2.45, 2.75) is 96.8 Å². The molecule has 10 aromatic carbocycles. The van der Waals surface area contributed by atoms with Crippen LogP contribution in [0.25, 0.3) is 93.0 Å². The minimum absolute atomic E-state index is 0.0165. The summed E-state index contributed by atoms with van der Waals surface area (Å²) in [6.45, 7) is 22.0. The maximum absolute atomic E-state index is 2.82. The van der Waals surface area contributed by atoms with E-state index in [1.807, 2.05) is 0 Å². The van der Waals surface area contributed by atoms with Crippen LogP contribution in [-0.4, -0.2) is 15.8 Å². The Bertz CT molecular complexity index is 4600. The van der Waals surface area contributed by atoms with E-state index in [0.29, 0.717) is 0 Å². The number of hydrogen-bond donors (Lipinski definition) is 0. The van der Waals surface area contributed by atoms with Crippen LogP contribution in [0.5, 0.6) is 0 Å². The van der Waals surface area contributed by atoms with Gasteiger partial charge < -0.3 is 14.0 Å². The summed E-state index contributed by atoms with van der Waals surface area (Å²) in [5.41, 5.74) is 22.5. The molecule has 0 amide bonds. The van der Waals surface area contributed by atoms with Crippen LogP contribution in [0.15, 0.2) is 181 Å². The van der Waals surface area contributed by atoms with Gasteiger partial charge in [0.2, 0.25) is 6.71 Å². The molecule has 4 aliphatic rings. The Morgan fingerprint density at radius 3 is 1.83 bits per heavy atom. The standard InChI is InChI=1S/C71H60BN3/c1-68(2,3)41-30-33-53-52(38-41)65-67(71(53,8)9)72-56-28-19-27-48-49-32-35-58-61(50-26-17-18-29-57(50)73(58)42-20-11-10-12-21-42)64(49)75(63(48)56)59-40-51-46-24-14-13-22-44(46)45-23-15-16-25-47(45)60(51)66(62(59)72)74(65)43-31-34-54-55(39-43)70(6,7)37-36-69(54,4)5/h10-35,38-40H,36-37H2,1-9H3. The van der Waals surface area contributed by atoms with Gasteiger partial charge in [0.25, 0.3) is 0 Å². The van der Waals surface area contributed by atoms with E-state index in [9.17, 15) is 0 Å². The molecule has 0 fully saturated rings. The monoisotopic (exact) mass is 965 g/mol. The Balaban J connectivity index is 1.16. The molecule has 0 saturated heterocycles. The summed E-state index contributed by atoms with van der Waals surface area (Å²) >= 11 is 0. The fourth-order valence-electron chi connectivity index (χ4n) is 15.3. The highest BCUT2D eigenvalue weighted by Gasteiger charge is 2.53. The largest absolute Gasteiger partial charge is 0.310 e. The number of rotatable bonds is 2. The molecule has 0 spiro atoms. The number of aromatic nitrogens is 2. The maximum atomic E-state index is 2.82. The topological polar surface area (TPSA) is 13.1 Å². The first-order valence-electron chi connectivity index (χ1n) is 27.4. The summed E-state index contributed by atoms with van der Waals surface area (Å²) in [6, 6.07) is 68.4. The van der Waals surface area contributed by atoms with Crippen LogP contribution in [0.3, 0.4) is 0 Å². The first kappa shape index (κ1) is 43.6. The Labute approximate surface area is 439 Å². The molecule has 362 valence electrons. The number of hydrogen-bond acceptors (Lipinski definition) is 1. The highest BCUT2D eigenvalue weighted by atomic mass is 15.2. The Morgan fingerprint density at radius 2 is 1.08 bits per heavy atom.